The van der Waals surface area contributed by atoms with Crippen molar-refractivity contribution in [2.24, 2.45) is 5.92 Å². The predicted octanol–water partition coefficient (Wildman–Crippen LogP) is 5.18. The second-order valence-electron chi connectivity index (χ2n) is 9.31. The minimum Gasteiger partial charge on any atom is -0.457 e. The largest absolute Gasteiger partial charge is 0.457 e. The highest BCUT2D eigenvalue weighted by Gasteiger charge is 2.39. The zero-order chi connectivity index (χ0) is 25.5. The van der Waals surface area contributed by atoms with Crippen LogP contribution in [0.1, 0.15) is 31.7 Å². The van der Waals surface area contributed by atoms with Crippen molar-refractivity contribution < 1.29 is 23.8 Å². The molecule has 1 heterocycles. The Hall–Kier alpha value is -3.71. The fourth-order valence-electron chi connectivity index (χ4n) is 4.51. The lowest BCUT2D eigenvalue weighted by Gasteiger charge is -2.24. The number of anilines is 1. The summed E-state index contributed by atoms with van der Waals surface area (Å²) in [7, 11) is 0. The average Bonchev–Trinajstić information content (AvgIpc) is 3.30. The Labute approximate surface area is 210 Å². The molecular weight excluding hydrogens is 459 g/mol. The molecular formula is C29H31FN2O4. The molecule has 0 bridgehead atoms. The van der Waals surface area contributed by atoms with Crippen LogP contribution in [0.25, 0.3) is 0 Å². The minimum atomic E-state index is -0.766. The minimum absolute atomic E-state index is 0.00932. The van der Waals surface area contributed by atoms with E-state index in [4.69, 9.17) is 4.74 Å². The fraction of sp³-hybridized carbons (Fsp3) is 0.310. The topological polar surface area (TPSA) is 78.9 Å². The number of hydrogen-bond donors (Lipinski definition) is 2. The highest BCUT2D eigenvalue weighted by atomic mass is 19.1. The maximum Gasteiger partial charge on any atom is 0.247 e. The molecule has 1 saturated heterocycles. The van der Waals surface area contributed by atoms with Gasteiger partial charge in [0.25, 0.3) is 0 Å². The molecule has 6 nitrogen and oxygen atoms in total. The van der Waals surface area contributed by atoms with Crippen molar-refractivity contribution in [3.05, 3.63) is 90.2 Å². The summed E-state index contributed by atoms with van der Waals surface area (Å²) in [6.45, 7) is 2.08. The summed E-state index contributed by atoms with van der Waals surface area (Å²) in [5.74, 6) is 0.461. The van der Waals surface area contributed by atoms with Gasteiger partial charge >= 0.3 is 0 Å². The molecule has 4 rings (SSSR count). The number of benzene rings is 3. The van der Waals surface area contributed by atoms with E-state index in [1.807, 2.05) is 18.2 Å². The van der Waals surface area contributed by atoms with E-state index in [9.17, 15) is 19.1 Å². The number of carbonyl (C=O) groups is 2. The molecule has 2 amide bonds. The van der Waals surface area contributed by atoms with Gasteiger partial charge in [-0.1, -0.05) is 30.3 Å². The van der Waals surface area contributed by atoms with E-state index in [0.29, 0.717) is 30.2 Å². The number of likely N-dealkylation sites (tertiary alicyclic amines) is 1. The monoisotopic (exact) mass is 490 g/mol. The summed E-state index contributed by atoms with van der Waals surface area (Å²) in [4.78, 5) is 27.7. The van der Waals surface area contributed by atoms with E-state index in [2.05, 4.69) is 17.4 Å². The van der Waals surface area contributed by atoms with Crippen LogP contribution in [0.2, 0.25) is 0 Å². The molecule has 2 N–H and O–H groups in total. The average molecular weight is 491 g/mol. The molecule has 7 heteroatoms. The first kappa shape index (κ1) is 25.4. The Kier molecular flexibility index (Phi) is 8.33. The van der Waals surface area contributed by atoms with Crippen LogP contribution >= 0.6 is 0 Å². The first-order chi connectivity index (χ1) is 17.4. The Morgan fingerprint density at radius 2 is 1.67 bits per heavy atom. The molecule has 0 aromatic heterocycles. The first-order valence-electron chi connectivity index (χ1n) is 12.2. The molecule has 3 aromatic carbocycles. The standard InChI is InChI=1S/C29H31FN2O4/c1-20(33)17-28(34)32-19-22(8-7-21-5-3-2-4-6-21)18-27(32)29(35)31-24-11-15-26(16-12-24)36-25-13-9-23(30)10-14-25/h2-6,9-16,20,22,27,33H,7-8,17-19H2,1H3,(H,31,35). The molecule has 3 unspecified atom stereocenters. The highest BCUT2D eigenvalue weighted by molar-refractivity contribution is 5.97. The molecule has 36 heavy (non-hydrogen) atoms. The quantitative estimate of drug-likeness (QED) is 0.433. The lowest BCUT2D eigenvalue weighted by atomic mass is 9.97. The number of rotatable bonds is 9. The molecule has 1 fully saturated rings. The molecule has 0 aliphatic carbocycles. The van der Waals surface area contributed by atoms with Crippen molar-refractivity contribution in [3.63, 3.8) is 0 Å². The van der Waals surface area contributed by atoms with Crippen molar-refractivity contribution in [1.82, 2.24) is 4.90 Å². The van der Waals surface area contributed by atoms with Crippen molar-refractivity contribution in [2.75, 3.05) is 11.9 Å². The van der Waals surface area contributed by atoms with Gasteiger partial charge < -0.3 is 20.1 Å². The molecule has 1 aliphatic rings. The number of aliphatic hydroxyl groups is 1. The van der Waals surface area contributed by atoms with Crippen LogP contribution < -0.4 is 10.1 Å². The van der Waals surface area contributed by atoms with Crippen molar-refractivity contribution in [2.45, 2.75) is 44.8 Å². The molecule has 1 aliphatic heterocycles. The van der Waals surface area contributed by atoms with E-state index >= 15 is 0 Å². The summed E-state index contributed by atoms with van der Waals surface area (Å²) in [6, 6.07) is 22.2. The van der Waals surface area contributed by atoms with Gasteiger partial charge in [0.1, 0.15) is 23.4 Å². The van der Waals surface area contributed by atoms with E-state index in [-0.39, 0.29) is 30.0 Å². The van der Waals surface area contributed by atoms with E-state index < -0.39 is 12.1 Å². The molecule has 3 aromatic rings. The third kappa shape index (κ3) is 6.92. The smallest absolute Gasteiger partial charge is 0.247 e. The van der Waals surface area contributed by atoms with Crippen molar-refractivity contribution in [3.8, 4) is 11.5 Å². The second-order valence-corrected chi connectivity index (χ2v) is 9.31. The van der Waals surface area contributed by atoms with Crippen LogP contribution in [0.5, 0.6) is 11.5 Å². The number of hydrogen-bond acceptors (Lipinski definition) is 4. The lowest BCUT2D eigenvalue weighted by molar-refractivity contribution is -0.138. The van der Waals surface area contributed by atoms with Crippen LogP contribution in [0.15, 0.2) is 78.9 Å². The summed E-state index contributed by atoms with van der Waals surface area (Å²) in [6.07, 6.45) is 1.56. The summed E-state index contributed by atoms with van der Waals surface area (Å²) < 4.78 is 18.8. The molecule has 3 atom stereocenters. The summed E-state index contributed by atoms with van der Waals surface area (Å²) in [5.41, 5.74) is 1.82. The molecule has 0 saturated carbocycles. The highest BCUT2D eigenvalue weighted by Crippen LogP contribution is 2.30. The molecule has 0 spiro atoms. The van der Waals surface area contributed by atoms with E-state index in [1.54, 1.807) is 36.1 Å². The number of nitrogens with zero attached hydrogens (tertiary/aromatic N) is 1. The summed E-state index contributed by atoms with van der Waals surface area (Å²) >= 11 is 0. The number of nitrogens with one attached hydrogen (secondary N) is 1. The van der Waals surface area contributed by atoms with Crippen molar-refractivity contribution >= 4 is 17.5 Å². The van der Waals surface area contributed by atoms with Gasteiger partial charge in [-0.25, -0.2) is 4.39 Å². The summed E-state index contributed by atoms with van der Waals surface area (Å²) in [5, 5.41) is 12.6. The maximum absolute atomic E-state index is 13.2. The normalized spacial score (nSPS) is 18.0. The maximum atomic E-state index is 13.2. The van der Waals surface area contributed by atoms with Gasteiger partial charge in [0.15, 0.2) is 0 Å². The molecule has 188 valence electrons. The van der Waals surface area contributed by atoms with E-state index in [0.717, 1.165) is 12.8 Å². The zero-order valence-corrected chi connectivity index (χ0v) is 20.3. The third-order valence-corrected chi connectivity index (χ3v) is 6.34. The number of ether oxygens (including phenoxy) is 1. The second kappa shape index (κ2) is 11.8. The fourth-order valence-corrected chi connectivity index (χ4v) is 4.51. The van der Waals surface area contributed by atoms with Gasteiger partial charge in [-0.05, 0) is 86.2 Å². The van der Waals surface area contributed by atoms with Gasteiger partial charge in [0.2, 0.25) is 11.8 Å². The van der Waals surface area contributed by atoms with Crippen LogP contribution in [0, 0.1) is 11.7 Å². The predicted molar refractivity (Wildman–Crippen MR) is 136 cm³/mol. The van der Waals surface area contributed by atoms with Gasteiger partial charge in [0.05, 0.1) is 12.5 Å². The number of carbonyl (C=O) groups excluding carboxylic acids is 2. The van der Waals surface area contributed by atoms with Crippen molar-refractivity contribution in [1.29, 1.82) is 0 Å². The number of amides is 2. The van der Waals surface area contributed by atoms with Gasteiger partial charge in [-0.3, -0.25) is 9.59 Å². The number of aliphatic hydroxyl groups excluding tert-OH is 1. The van der Waals surface area contributed by atoms with Gasteiger partial charge in [-0.2, -0.15) is 0 Å². The van der Waals surface area contributed by atoms with Crippen LogP contribution in [-0.2, 0) is 16.0 Å². The van der Waals surface area contributed by atoms with Crippen LogP contribution in [-0.4, -0.2) is 40.5 Å². The lowest BCUT2D eigenvalue weighted by Crippen LogP contribution is -2.44. The Balaban J connectivity index is 1.39. The number of halogens is 1. The van der Waals surface area contributed by atoms with Gasteiger partial charge in [-0.15, -0.1) is 0 Å². The Morgan fingerprint density at radius 3 is 2.31 bits per heavy atom. The Morgan fingerprint density at radius 1 is 1.03 bits per heavy atom. The SMILES string of the molecule is CC(O)CC(=O)N1CC(CCc2ccccc2)CC1C(=O)Nc1ccc(Oc2ccc(F)cc2)cc1. The van der Waals surface area contributed by atoms with Gasteiger partial charge in [0, 0.05) is 12.2 Å². The Bertz CT molecular complexity index is 1150. The third-order valence-electron chi connectivity index (χ3n) is 6.34. The van der Waals surface area contributed by atoms with Crippen LogP contribution in [0.3, 0.4) is 0 Å². The molecule has 0 radical (unpaired) electrons. The first-order valence-corrected chi connectivity index (χ1v) is 12.2. The number of aryl methyl sites for hydroxylation is 1. The zero-order valence-electron chi connectivity index (χ0n) is 20.3. The van der Waals surface area contributed by atoms with Crippen LogP contribution in [0.4, 0.5) is 10.1 Å². The van der Waals surface area contributed by atoms with E-state index in [1.165, 1.54) is 29.8 Å².